The highest BCUT2D eigenvalue weighted by Gasteiger charge is 2.09. The van der Waals surface area contributed by atoms with Crippen molar-refractivity contribution in [3.8, 4) is 17.3 Å². The average Bonchev–Trinajstić information content (AvgIpc) is 2.65. The highest BCUT2D eigenvalue weighted by atomic mass is 16.1. The Morgan fingerprint density at radius 3 is 2.81 bits per heavy atom. The van der Waals surface area contributed by atoms with Crippen LogP contribution in [0.2, 0.25) is 0 Å². The first kappa shape index (κ1) is 9.98. The monoisotopic (exact) mass is 215 g/mol. The zero-order chi connectivity index (χ0) is 11.7. The number of H-pyrrole nitrogens is 2. The zero-order valence-corrected chi connectivity index (χ0v) is 8.53. The van der Waals surface area contributed by atoms with Gasteiger partial charge in [-0.3, -0.25) is 4.79 Å². The number of hydrogen-bond donors (Lipinski definition) is 3. The molecule has 0 aliphatic carbocycles. The van der Waals surface area contributed by atoms with E-state index in [1.807, 2.05) is 6.07 Å². The van der Waals surface area contributed by atoms with Crippen LogP contribution in [-0.4, -0.2) is 15.0 Å². The third kappa shape index (κ3) is 1.54. The molecule has 0 unspecified atom stereocenters. The Hall–Kier alpha value is -2.55. The van der Waals surface area contributed by atoms with Crippen LogP contribution in [0.25, 0.3) is 11.3 Å². The smallest absolute Gasteiger partial charge is 0.266 e. The Kier molecular flexibility index (Phi) is 2.21. The maximum absolute atomic E-state index is 11.3. The van der Waals surface area contributed by atoms with Gasteiger partial charge in [0.05, 0.1) is 11.9 Å². The van der Waals surface area contributed by atoms with Crippen molar-refractivity contribution in [2.45, 2.75) is 6.92 Å². The zero-order valence-electron chi connectivity index (χ0n) is 8.53. The Bertz CT molecular complexity index is 631. The van der Waals surface area contributed by atoms with Gasteiger partial charge in [-0.05, 0) is 13.0 Å². The van der Waals surface area contributed by atoms with E-state index in [4.69, 9.17) is 11.0 Å². The van der Waals surface area contributed by atoms with Crippen molar-refractivity contribution in [2.24, 2.45) is 0 Å². The number of aromatic nitrogens is 3. The summed E-state index contributed by atoms with van der Waals surface area (Å²) in [6, 6.07) is 3.35. The van der Waals surface area contributed by atoms with Crippen LogP contribution < -0.4 is 11.3 Å². The molecule has 2 heterocycles. The summed E-state index contributed by atoms with van der Waals surface area (Å²) in [7, 11) is 0. The number of imidazole rings is 1. The molecule has 4 N–H and O–H groups in total. The lowest BCUT2D eigenvalue weighted by molar-refractivity contribution is 1.13. The molecule has 0 aliphatic rings. The second kappa shape index (κ2) is 3.55. The maximum atomic E-state index is 11.3. The van der Waals surface area contributed by atoms with Gasteiger partial charge in [0.1, 0.15) is 11.6 Å². The molecule has 0 radical (unpaired) electrons. The van der Waals surface area contributed by atoms with Crippen LogP contribution in [0, 0.1) is 18.3 Å². The fraction of sp³-hybridized carbons (Fsp3) is 0.100. The normalized spacial score (nSPS) is 10.0. The highest BCUT2D eigenvalue weighted by molar-refractivity contribution is 5.64. The highest BCUT2D eigenvalue weighted by Crippen LogP contribution is 2.20. The van der Waals surface area contributed by atoms with Crippen molar-refractivity contribution >= 4 is 5.95 Å². The number of nitriles is 1. The van der Waals surface area contributed by atoms with E-state index in [2.05, 4.69) is 15.0 Å². The van der Waals surface area contributed by atoms with Crippen LogP contribution in [0.4, 0.5) is 5.95 Å². The summed E-state index contributed by atoms with van der Waals surface area (Å²) in [5, 5.41) is 8.77. The van der Waals surface area contributed by atoms with E-state index in [-0.39, 0.29) is 5.56 Å². The first-order chi connectivity index (χ1) is 7.61. The van der Waals surface area contributed by atoms with Gasteiger partial charge in [-0.15, -0.1) is 0 Å². The predicted molar refractivity (Wildman–Crippen MR) is 58.5 cm³/mol. The topological polar surface area (TPSA) is 111 Å². The summed E-state index contributed by atoms with van der Waals surface area (Å²) in [5.41, 5.74) is 7.17. The van der Waals surface area contributed by atoms with Gasteiger partial charge in [0.25, 0.3) is 5.56 Å². The van der Waals surface area contributed by atoms with Gasteiger partial charge >= 0.3 is 0 Å². The quantitative estimate of drug-likeness (QED) is 0.644. The van der Waals surface area contributed by atoms with Crippen LogP contribution in [0.5, 0.6) is 0 Å². The molecule has 80 valence electrons. The standard InChI is InChI=1S/C10H9N5O/c1-5-7(8-4-13-10(12)15-8)2-6(3-11)9(16)14-5/h2,4H,1H3,(H,14,16)(H3,12,13,15). The molecule has 0 atom stereocenters. The molecule has 2 aromatic heterocycles. The van der Waals surface area contributed by atoms with E-state index >= 15 is 0 Å². The molecule has 6 heteroatoms. The second-order valence-electron chi connectivity index (χ2n) is 3.34. The molecule has 2 rings (SSSR count). The minimum Gasteiger partial charge on any atom is -0.369 e. The largest absolute Gasteiger partial charge is 0.369 e. The molecule has 0 saturated heterocycles. The summed E-state index contributed by atoms with van der Waals surface area (Å²) < 4.78 is 0. The van der Waals surface area contributed by atoms with Gasteiger partial charge in [-0.25, -0.2) is 4.98 Å². The van der Waals surface area contributed by atoms with Crippen molar-refractivity contribution in [3.63, 3.8) is 0 Å². The number of anilines is 1. The number of nitrogen functional groups attached to an aromatic ring is 1. The van der Waals surface area contributed by atoms with E-state index in [9.17, 15) is 4.79 Å². The van der Waals surface area contributed by atoms with Crippen LogP contribution in [0.1, 0.15) is 11.3 Å². The Morgan fingerprint density at radius 1 is 1.50 bits per heavy atom. The van der Waals surface area contributed by atoms with Gasteiger partial charge in [0.2, 0.25) is 0 Å². The molecule has 0 aromatic carbocycles. The van der Waals surface area contributed by atoms with Crippen LogP contribution in [-0.2, 0) is 0 Å². The lowest BCUT2D eigenvalue weighted by Crippen LogP contribution is -2.12. The Morgan fingerprint density at radius 2 is 2.25 bits per heavy atom. The van der Waals surface area contributed by atoms with Crippen LogP contribution in [0.15, 0.2) is 17.1 Å². The van der Waals surface area contributed by atoms with Crippen molar-refractivity contribution in [3.05, 3.63) is 33.9 Å². The van der Waals surface area contributed by atoms with E-state index in [1.165, 1.54) is 6.07 Å². The number of hydrogen-bond acceptors (Lipinski definition) is 4. The number of nitrogens with zero attached hydrogens (tertiary/aromatic N) is 2. The van der Waals surface area contributed by atoms with Crippen molar-refractivity contribution in [2.75, 3.05) is 5.73 Å². The van der Waals surface area contributed by atoms with Gasteiger partial charge in [0, 0.05) is 11.3 Å². The summed E-state index contributed by atoms with van der Waals surface area (Å²) in [6.07, 6.45) is 1.55. The van der Waals surface area contributed by atoms with E-state index in [1.54, 1.807) is 13.1 Å². The lowest BCUT2D eigenvalue weighted by atomic mass is 10.1. The van der Waals surface area contributed by atoms with E-state index < -0.39 is 5.56 Å². The fourth-order valence-electron chi connectivity index (χ4n) is 1.46. The fourth-order valence-corrected chi connectivity index (χ4v) is 1.46. The molecule has 0 fully saturated rings. The maximum Gasteiger partial charge on any atom is 0.266 e. The summed E-state index contributed by atoms with van der Waals surface area (Å²) in [5.74, 6) is 0.291. The summed E-state index contributed by atoms with van der Waals surface area (Å²) in [6.45, 7) is 1.74. The van der Waals surface area contributed by atoms with Crippen LogP contribution >= 0.6 is 0 Å². The first-order valence-electron chi connectivity index (χ1n) is 4.56. The molecule has 0 spiro atoms. The number of nitrogens with one attached hydrogen (secondary N) is 2. The predicted octanol–water partition coefficient (Wildman–Crippen LogP) is 0.527. The molecule has 2 aromatic rings. The molecular weight excluding hydrogens is 206 g/mol. The van der Waals surface area contributed by atoms with Crippen LogP contribution in [0.3, 0.4) is 0 Å². The molecule has 0 aliphatic heterocycles. The van der Waals surface area contributed by atoms with Gasteiger partial charge in [-0.1, -0.05) is 0 Å². The minimum atomic E-state index is -0.392. The first-order valence-corrected chi connectivity index (χ1v) is 4.56. The number of pyridine rings is 1. The molecule has 6 nitrogen and oxygen atoms in total. The number of nitrogens with two attached hydrogens (primary N) is 1. The molecule has 0 bridgehead atoms. The Balaban J connectivity index is 2.67. The van der Waals surface area contributed by atoms with Gasteiger partial charge in [0.15, 0.2) is 5.95 Å². The van der Waals surface area contributed by atoms with Crippen molar-refractivity contribution in [1.82, 2.24) is 15.0 Å². The third-order valence-corrected chi connectivity index (χ3v) is 2.24. The molecular formula is C10H9N5O. The third-order valence-electron chi connectivity index (χ3n) is 2.24. The summed E-state index contributed by atoms with van der Waals surface area (Å²) >= 11 is 0. The van der Waals surface area contributed by atoms with Crippen molar-refractivity contribution in [1.29, 1.82) is 5.26 Å². The van der Waals surface area contributed by atoms with E-state index in [0.29, 0.717) is 22.9 Å². The summed E-state index contributed by atoms with van der Waals surface area (Å²) in [4.78, 5) is 20.6. The second-order valence-corrected chi connectivity index (χ2v) is 3.34. The number of aromatic amines is 2. The van der Waals surface area contributed by atoms with Crippen molar-refractivity contribution < 1.29 is 0 Å². The lowest BCUT2D eigenvalue weighted by Gasteiger charge is -2.02. The minimum absolute atomic E-state index is 0.0637. The Labute approximate surface area is 90.8 Å². The molecule has 16 heavy (non-hydrogen) atoms. The van der Waals surface area contributed by atoms with Gasteiger partial charge in [-0.2, -0.15) is 5.26 Å². The van der Waals surface area contributed by atoms with Gasteiger partial charge < -0.3 is 15.7 Å². The number of aryl methyl sites for hydroxylation is 1. The SMILES string of the molecule is Cc1[nH]c(=O)c(C#N)cc1-c1cnc(N)[nH]1. The molecule has 0 saturated carbocycles. The number of rotatable bonds is 1. The molecule has 0 amide bonds. The van der Waals surface area contributed by atoms with E-state index in [0.717, 1.165) is 0 Å². The average molecular weight is 215 g/mol.